The molecule has 3 aliphatic rings. The number of fused-ring (bicyclic) bond motifs is 1. The number of likely N-dealkylation sites (tertiary alicyclic amines) is 1. The van der Waals surface area contributed by atoms with Crippen LogP contribution >= 0.6 is 0 Å². The molecule has 1 N–H and O–H groups in total. The number of aromatic hydroxyl groups is 1. The third kappa shape index (κ3) is 3.15. The molecule has 1 heterocycles. The Kier molecular flexibility index (Phi) is 5.00. The molecule has 0 spiro atoms. The lowest BCUT2D eigenvalue weighted by Crippen LogP contribution is -2.62. The number of phenolic OH excluding ortho intramolecular Hbond substituents is 1. The van der Waals surface area contributed by atoms with Crippen molar-refractivity contribution in [3.63, 3.8) is 0 Å². The van der Waals surface area contributed by atoms with E-state index in [0.717, 1.165) is 22.3 Å². The topological polar surface area (TPSA) is 76.1 Å². The highest BCUT2D eigenvalue weighted by Crippen LogP contribution is 2.58. The number of rotatable bonds is 3. The minimum atomic E-state index is -0.588. The molecule has 6 heteroatoms. The van der Waals surface area contributed by atoms with Crippen LogP contribution in [-0.4, -0.2) is 48.5 Å². The van der Waals surface area contributed by atoms with Crippen LogP contribution in [0.5, 0.6) is 11.5 Å². The fourth-order valence-electron chi connectivity index (χ4n) is 6.37. The first-order valence-corrected chi connectivity index (χ1v) is 11.4. The number of piperidine rings is 1. The van der Waals surface area contributed by atoms with Crippen molar-refractivity contribution in [2.75, 3.05) is 20.8 Å². The second-order valence-electron chi connectivity index (χ2n) is 9.56. The average molecular weight is 448 g/mol. The van der Waals surface area contributed by atoms with E-state index in [2.05, 4.69) is 6.07 Å². The van der Waals surface area contributed by atoms with Crippen LogP contribution in [0.2, 0.25) is 0 Å². The van der Waals surface area contributed by atoms with Gasteiger partial charge in [-0.25, -0.2) is 0 Å². The summed E-state index contributed by atoms with van der Waals surface area (Å²) < 4.78 is 10.8. The van der Waals surface area contributed by atoms with Gasteiger partial charge >= 0.3 is 0 Å². The molecule has 2 aromatic carbocycles. The number of amides is 1. The van der Waals surface area contributed by atoms with Crippen LogP contribution in [0.25, 0.3) is 0 Å². The van der Waals surface area contributed by atoms with Crippen LogP contribution in [0.3, 0.4) is 0 Å². The minimum absolute atomic E-state index is 0.00542. The van der Waals surface area contributed by atoms with E-state index in [4.69, 9.17) is 9.47 Å². The molecular formula is C27H29NO5. The van der Waals surface area contributed by atoms with E-state index >= 15 is 0 Å². The molecule has 2 aromatic rings. The van der Waals surface area contributed by atoms with Crippen molar-refractivity contribution in [2.24, 2.45) is 5.92 Å². The van der Waals surface area contributed by atoms with E-state index in [-0.39, 0.29) is 35.8 Å². The predicted molar refractivity (Wildman–Crippen MR) is 124 cm³/mol. The van der Waals surface area contributed by atoms with Crippen LogP contribution in [-0.2, 0) is 21.4 Å². The lowest BCUT2D eigenvalue weighted by Gasteiger charge is -2.57. The van der Waals surface area contributed by atoms with Gasteiger partial charge in [0.25, 0.3) is 5.91 Å². The summed E-state index contributed by atoms with van der Waals surface area (Å²) in [4.78, 5) is 28.6. The molecule has 1 fully saturated rings. The number of Topliss-reactive ketones (excluding diaryl/α,β-unsaturated/α-hetero) is 1. The van der Waals surface area contributed by atoms with Crippen LogP contribution in [0, 0.1) is 19.8 Å². The van der Waals surface area contributed by atoms with Gasteiger partial charge in [0.1, 0.15) is 0 Å². The molecule has 5 rings (SSSR count). The highest BCUT2D eigenvalue weighted by Gasteiger charge is 2.58. The monoisotopic (exact) mass is 447 g/mol. The van der Waals surface area contributed by atoms with Crippen molar-refractivity contribution in [3.05, 3.63) is 70.0 Å². The maximum atomic E-state index is 13.7. The summed E-state index contributed by atoms with van der Waals surface area (Å²) >= 11 is 0. The van der Waals surface area contributed by atoms with Crippen molar-refractivity contribution in [3.8, 4) is 11.5 Å². The number of benzene rings is 2. The van der Waals surface area contributed by atoms with Gasteiger partial charge in [0.15, 0.2) is 23.0 Å². The SMILES string of the molecule is COC1=CC2[C@@H]3Cc4ccc(OC)c(O)c4[C@]2(CCN3C(=O)c2cc(C)cc(C)c2)CC1=O. The van der Waals surface area contributed by atoms with Gasteiger partial charge in [-0.1, -0.05) is 23.3 Å². The molecule has 6 nitrogen and oxygen atoms in total. The molecule has 1 aliphatic heterocycles. The molecule has 172 valence electrons. The van der Waals surface area contributed by atoms with Gasteiger partial charge in [0, 0.05) is 41.5 Å². The van der Waals surface area contributed by atoms with Gasteiger partial charge in [-0.15, -0.1) is 0 Å². The Morgan fingerprint density at radius 3 is 2.52 bits per heavy atom. The Morgan fingerprint density at radius 2 is 1.85 bits per heavy atom. The standard InChI is InChI=1S/C27H29NO5/c1-15-9-16(2)11-18(10-15)26(31)28-8-7-27-14-21(29)23(33-4)13-19(27)20(28)12-17-5-6-22(32-3)25(30)24(17)27/h5-6,9-11,13,19-20,30H,7-8,12,14H2,1-4H3/t19?,20-,27+/m0/s1. The Balaban J connectivity index is 1.66. The normalized spacial score (nSPS) is 25.6. The smallest absolute Gasteiger partial charge is 0.254 e. The molecule has 0 radical (unpaired) electrons. The molecule has 2 aliphatic carbocycles. The van der Waals surface area contributed by atoms with E-state index < -0.39 is 5.41 Å². The maximum Gasteiger partial charge on any atom is 0.254 e. The number of aryl methyl sites for hydroxylation is 2. The first-order chi connectivity index (χ1) is 15.8. The van der Waals surface area contributed by atoms with E-state index in [1.807, 2.05) is 43.0 Å². The van der Waals surface area contributed by atoms with Crippen molar-refractivity contribution in [1.82, 2.24) is 4.90 Å². The van der Waals surface area contributed by atoms with Crippen molar-refractivity contribution in [1.29, 1.82) is 0 Å². The number of allylic oxidation sites excluding steroid dienone is 1. The van der Waals surface area contributed by atoms with Crippen LogP contribution < -0.4 is 4.74 Å². The van der Waals surface area contributed by atoms with Crippen LogP contribution in [0.4, 0.5) is 0 Å². The Hall–Kier alpha value is -3.28. The summed E-state index contributed by atoms with van der Waals surface area (Å²) in [5.74, 6) is 0.645. The fourth-order valence-corrected chi connectivity index (χ4v) is 6.37. The van der Waals surface area contributed by atoms with E-state index in [1.54, 1.807) is 6.07 Å². The minimum Gasteiger partial charge on any atom is -0.504 e. The third-order valence-corrected chi connectivity index (χ3v) is 7.66. The number of phenols is 1. The second-order valence-corrected chi connectivity index (χ2v) is 9.56. The molecule has 1 unspecified atom stereocenters. The zero-order valence-corrected chi connectivity index (χ0v) is 19.5. The molecule has 2 bridgehead atoms. The summed E-state index contributed by atoms with van der Waals surface area (Å²) in [6, 6.07) is 9.52. The summed E-state index contributed by atoms with van der Waals surface area (Å²) in [5.41, 5.74) is 3.97. The first-order valence-electron chi connectivity index (χ1n) is 11.4. The molecule has 33 heavy (non-hydrogen) atoms. The molecule has 0 saturated carbocycles. The molecule has 1 saturated heterocycles. The van der Waals surface area contributed by atoms with Crippen LogP contribution in [0.1, 0.15) is 45.5 Å². The quantitative estimate of drug-likeness (QED) is 0.774. The number of carbonyl (C=O) groups excluding carboxylic acids is 2. The Labute approximate surface area is 193 Å². The van der Waals surface area contributed by atoms with E-state index in [1.165, 1.54) is 14.2 Å². The number of nitrogens with zero attached hydrogens (tertiary/aromatic N) is 1. The van der Waals surface area contributed by atoms with Gasteiger partial charge in [0.05, 0.1) is 14.2 Å². The number of ketones is 1. The van der Waals surface area contributed by atoms with Gasteiger partial charge < -0.3 is 19.5 Å². The second kappa shape index (κ2) is 7.65. The Bertz CT molecular complexity index is 1180. The third-order valence-electron chi connectivity index (χ3n) is 7.66. The summed E-state index contributed by atoms with van der Waals surface area (Å²) in [6.45, 7) is 4.52. The Morgan fingerprint density at radius 1 is 1.12 bits per heavy atom. The zero-order chi connectivity index (χ0) is 23.5. The number of carbonyl (C=O) groups is 2. The van der Waals surface area contributed by atoms with Gasteiger partial charge in [-0.3, -0.25) is 9.59 Å². The summed E-state index contributed by atoms with van der Waals surface area (Å²) in [5, 5.41) is 11.1. The molecule has 0 aromatic heterocycles. The number of ether oxygens (including phenoxy) is 2. The lowest BCUT2D eigenvalue weighted by molar-refractivity contribution is -0.122. The van der Waals surface area contributed by atoms with Crippen molar-refractivity contribution in [2.45, 2.75) is 44.6 Å². The first kappa shape index (κ1) is 21.6. The number of hydrogen-bond acceptors (Lipinski definition) is 5. The fraction of sp³-hybridized carbons (Fsp3) is 0.407. The van der Waals surface area contributed by atoms with Crippen molar-refractivity contribution >= 4 is 11.7 Å². The molecular weight excluding hydrogens is 418 g/mol. The van der Waals surface area contributed by atoms with Crippen LogP contribution in [0.15, 0.2) is 42.2 Å². The largest absolute Gasteiger partial charge is 0.504 e. The summed E-state index contributed by atoms with van der Waals surface area (Å²) in [7, 11) is 3.04. The molecule has 3 atom stereocenters. The highest BCUT2D eigenvalue weighted by molar-refractivity contribution is 5.97. The predicted octanol–water partition coefficient (Wildman–Crippen LogP) is 3.85. The average Bonchev–Trinajstić information content (AvgIpc) is 2.77. The number of hydrogen-bond donors (Lipinski definition) is 1. The van der Waals surface area contributed by atoms with E-state index in [9.17, 15) is 14.7 Å². The van der Waals surface area contributed by atoms with Crippen molar-refractivity contribution < 1.29 is 24.2 Å². The number of methoxy groups -OCH3 is 2. The van der Waals surface area contributed by atoms with E-state index in [0.29, 0.717) is 36.5 Å². The maximum absolute atomic E-state index is 13.7. The lowest BCUT2D eigenvalue weighted by atomic mass is 9.53. The summed E-state index contributed by atoms with van der Waals surface area (Å²) in [6.07, 6.45) is 3.31. The zero-order valence-electron chi connectivity index (χ0n) is 19.5. The van der Waals surface area contributed by atoms with Gasteiger partial charge in [0.2, 0.25) is 0 Å². The molecule has 1 amide bonds. The van der Waals surface area contributed by atoms with Gasteiger partial charge in [-0.2, -0.15) is 0 Å². The van der Waals surface area contributed by atoms with Gasteiger partial charge in [-0.05, 0) is 56.5 Å². The highest BCUT2D eigenvalue weighted by atomic mass is 16.5.